The molecule has 2 aromatic carbocycles. The number of rotatable bonds is 6. The molecule has 0 aliphatic carbocycles. The summed E-state index contributed by atoms with van der Waals surface area (Å²) >= 11 is 5.76. The molecule has 8 heteroatoms. The van der Waals surface area contributed by atoms with Gasteiger partial charge in [0.05, 0.1) is 10.6 Å². The zero-order chi connectivity index (χ0) is 18.4. The molecule has 0 fully saturated rings. The molecule has 0 heterocycles. The summed E-state index contributed by atoms with van der Waals surface area (Å²) in [7, 11) is -1.77. The normalized spacial score (nSPS) is 12.2. The maximum absolute atomic E-state index is 12.9. The zero-order valence-corrected chi connectivity index (χ0v) is 15.5. The van der Waals surface area contributed by atoms with Crippen LogP contribution in [0.2, 0.25) is 5.02 Å². The standard InChI is InChI=1S/C17H19ClFN3O2S/c1-13(21-16-7-5-15(19)6-8-16)22(2)12-11-20-25(23,24)17-9-3-14(18)4-10-17/h3-10,20H,11-12H2,1-2H3. The predicted octanol–water partition coefficient (Wildman–Crippen LogP) is 3.44. The summed E-state index contributed by atoms with van der Waals surface area (Å²) in [4.78, 5) is 6.34. The first-order chi connectivity index (χ1) is 11.8. The van der Waals surface area contributed by atoms with Crippen LogP contribution in [0.25, 0.3) is 0 Å². The third-order valence-electron chi connectivity index (χ3n) is 3.53. The number of halogens is 2. The quantitative estimate of drug-likeness (QED) is 0.614. The zero-order valence-electron chi connectivity index (χ0n) is 13.9. The number of sulfonamides is 1. The van der Waals surface area contributed by atoms with Crippen molar-refractivity contribution in [2.24, 2.45) is 4.99 Å². The molecule has 0 saturated carbocycles. The van der Waals surface area contributed by atoms with Gasteiger partial charge >= 0.3 is 0 Å². The van der Waals surface area contributed by atoms with Crippen LogP contribution in [0.4, 0.5) is 10.1 Å². The fourth-order valence-electron chi connectivity index (χ4n) is 1.99. The van der Waals surface area contributed by atoms with Gasteiger partial charge in [-0.15, -0.1) is 0 Å². The van der Waals surface area contributed by atoms with Gasteiger partial charge < -0.3 is 4.90 Å². The summed E-state index contributed by atoms with van der Waals surface area (Å²) in [5, 5.41) is 0.478. The minimum absolute atomic E-state index is 0.163. The van der Waals surface area contributed by atoms with Crippen molar-refractivity contribution in [3.05, 3.63) is 59.4 Å². The molecule has 0 aromatic heterocycles. The summed E-state index contributed by atoms with van der Waals surface area (Å²) < 4.78 is 39.8. The first kappa shape index (κ1) is 19.4. The highest BCUT2D eigenvalue weighted by Gasteiger charge is 2.13. The molecule has 5 nitrogen and oxygen atoms in total. The maximum atomic E-state index is 12.9. The number of benzene rings is 2. The highest BCUT2D eigenvalue weighted by Crippen LogP contribution is 2.14. The van der Waals surface area contributed by atoms with Crippen LogP contribution in [0.15, 0.2) is 58.4 Å². The summed E-state index contributed by atoms with van der Waals surface area (Å²) in [5.41, 5.74) is 0.632. The van der Waals surface area contributed by atoms with Crippen LogP contribution in [0.3, 0.4) is 0 Å². The number of hydrogen-bond donors (Lipinski definition) is 1. The van der Waals surface area contributed by atoms with E-state index in [1.807, 2.05) is 4.90 Å². The summed E-state index contributed by atoms with van der Waals surface area (Å²) in [5.74, 6) is 0.374. The second-order valence-corrected chi connectivity index (χ2v) is 7.61. The minimum Gasteiger partial charge on any atom is -0.362 e. The Morgan fingerprint density at radius 1 is 1.16 bits per heavy atom. The van der Waals surface area contributed by atoms with Gasteiger partial charge in [-0.25, -0.2) is 22.5 Å². The lowest BCUT2D eigenvalue weighted by atomic mass is 10.3. The molecule has 0 saturated heterocycles. The third-order valence-corrected chi connectivity index (χ3v) is 5.26. The second-order valence-electron chi connectivity index (χ2n) is 5.41. The third kappa shape index (κ3) is 5.81. The van der Waals surface area contributed by atoms with Gasteiger partial charge in [-0.05, 0) is 55.5 Å². The Labute approximate surface area is 152 Å². The lowest BCUT2D eigenvalue weighted by molar-refractivity contribution is 0.497. The van der Waals surface area contributed by atoms with Crippen LogP contribution in [-0.2, 0) is 10.0 Å². The number of likely N-dealkylation sites (N-methyl/N-ethyl adjacent to an activating group) is 1. The van der Waals surface area contributed by atoms with Crippen molar-refractivity contribution in [1.82, 2.24) is 9.62 Å². The lowest BCUT2D eigenvalue weighted by Gasteiger charge is -2.19. The topological polar surface area (TPSA) is 61.8 Å². The van der Waals surface area contributed by atoms with Gasteiger partial charge in [0.1, 0.15) is 11.7 Å². The van der Waals surface area contributed by atoms with Gasteiger partial charge in [0.25, 0.3) is 0 Å². The molecule has 134 valence electrons. The van der Waals surface area contributed by atoms with E-state index >= 15 is 0 Å². The maximum Gasteiger partial charge on any atom is 0.240 e. The number of aliphatic imine (C=N–C) groups is 1. The van der Waals surface area contributed by atoms with E-state index in [-0.39, 0.29) is 17.3 Å². The molecule has 0 atom stereocenters. The van der Waals surface area contributed by atoms with E-state index in [0.29, 0.717) is 23.1 Å². The Morgan fingerprint density at radius 3 is 2.36 bits per heavy atom. The Balaban J connectivity index is 1.91. The molecule has 25 heavy (non-hydrogen) atoms. The number of nitrogens with zero attached hydrogens (tertiary/aromatic N) is 2. The van der Waals surface area contributed by atoms with E-state index in [2.05, 4.69) is 9.71 Å². The van der Waals surface area contributed by atoms with E-state index < -0.39 is 10.0 Å². The van der Waals surface area contributed by atoms with E-state index in [1.165, 1.54) is 36.4 Å². The van der Waals surface area contributed by atoms with Crippen molar-refractivity contribution in [3.63, 3.8) is 0 Å². The molecule has 1 N–H and O–H groups in total. The number of nitrogens with one attached hydrogen (secondary N) is 1. The molecule has 0 aliphatic heterocycles. The highest BCUT2D eigenvalue weighted by molar-refractivity contribution is 7.89. The smallest absolute Gasteiger partial charge is 0.240 e. The lowest BCUT2D eigenvalue weighted by Crippen LogP contribution is -2.35. The number of amidine groups is 1. The van der Waals surface area contributed by atoms with Crippen LogP contribution >= 0.6 is 11.6 Å². The van der Waals surface area contributed by atoms with Crippen LogP contribution in [0, 0.1) is 5.82 Å². The van der Waals surface area contributed by atoms with Gasteiger partial charge in [-0.3, -0.25) is 0 Å². The second kappa shape index (κ2) is 8.42. The Hall–Kier alpha value is -1.96. The SMILES string of the molecule is CC(=Nc1ccc(F)cc1)N(C)CCNS(=O)(=O)c1ccc(Cl)cc1. The van der Waals surface area contributed by atoms with Gasteiger partial charge in [-0.2, -0.15) is 0 Å². The van der Waals surface area contributed by atoms with Crippen LogP contribution in [0.1, 0.15) is 6.92 Å². The summed E-state index contributed by atoms with van der Waals surface area (Å²) in [6, 6.07) is 11.8. The van der Waals surface area contributed by atoms with Crippen molar-refractivity contribution >= 4 is 33.1 Å². The summed E-state index contributed by atoms with van der Waals surface area (Å²) in [6.45, 7) is 2.46. The Morgan fingerprint density at radius 2 is 1.76 bits per heavy atom. The van der Waals surface area contributed by atoms with Crippen molar-refractivity contribution in [1.29, 1.82) is 0 Å². The van der Waals surface area contributed by atoms with Gasteiger partial charge in [0.2, 0.25) is 10.0 Å². The molecule has 0 amide bonds. The number of hydrogen-bond acceptors (Lipinski definition) is 3. The van der Waals surface area contributed by atoms with Crippen molar-refractivity contribution in [2.75, 3.05) is 20.1 Å². The molecule has 0 unspecified atom stereocenters. The molecule has 2 aromatic rings. The first-order valence-corrected chi connectivity index (χ1v) is 9.41. The average Bonchev–Trinajstić information content (AvgIpc) is 2.57. The fourth-order valence-corrected chi connectivity index (χ4v) is 3.14. The van der Waals surface area contributed by atoms with Crippen LogP contribution in [0.5, 0.6) is 0 Å². The van der Waals surface area contributed by atoms with Gasteiger partial charge in [-0.1, -0.05) is 11.6 Å². The molecular weight excluding hydrogens is 365 g/mol. The first-order valence-electron chi connectivity index (χ1n) is 7.55. The average molecular weight is 384 g/mol. The molecule has 0 spiro atoms. The highest BCUT2D eigenvalue weighted by atomic mass is 35.5. The van der Waals surface area contributed by atoms with Gasteiger partial charge in [0.15, 0.2) is 0 Å². The van der Waals surface area contributed by atoms with E-state index in [4.69, 9.17) is 11.6 Å². The van der Waals surface area contributed by atoms with E-state index in [0.717, 1.165) is 0 Å². The largest absolute Gasteiger partial charge is 0.362 e. The Kier molecular flexibility index (Phi) is 6.52. The molecule has 0 aliphatic rings. The summed E-state index contributed by atoms with van der Waals surface area (Å²) in [6.07, 6.45) is 0. The van der Waals surface area contributed by atoms with Crippen molar-refractivity contribution < 1.29 is 12.8 Å². The molecule has 0 radical (unpaired) electrons. The van der Waals surface area contributed by atoms with Crippen LogP contribution in [-0.4, -0.2) is 39.3 Å². The van der Waals surface area contributed by atoms with E-state index in [9.17, 15) is 12.8 Å². The predicted molar refractivity (Wildman–Crippen MR) is 98.4 cm³/mol. The monoisotopic (exact) mass is 383 g/mol. The van der Waals surface area contributed by atoms with Crippen molar-refractivity contribution in [2.45, 2.75) is 11.8 Å². The fraction of sp³-hybridized carbons (Fsp3) is 0.235. The minimum atomic E-state index is -3.58. The van der Waals surface area contributed by atoms with Crippen molar-refractivity contribution in [3.8, 4) is 0 Å². The van der Waals surface area contributed by atoms with Gasteiger partial charge in [0, 0.05) is 25.2 Å². The van der Waals surface area contributed by atoms with Crippen LogP contribution < -0.4 is 4.72 Å². The Bertz CT molecular complexity index is 837. The molecular formula is C17H19ClFN3O2S. The molecule has 0 bridgehead atoms. The van der Waals surface area contributed by atoms with E-state index in [1.54, 1.807) is 26.1 Å². The molecule has 2 rings (SSSR count).